The standard InChI is InChI=1S/C15H25NOS/c1-5-14(16-4)7-6-10-18(17)15-9-8-12(2)11-13(15)3/h8-9,11,14,16H,5-7,10H2,1-4H3. The first-order chi connectivity index (χ1) is 8.58. The van der Waals surface area contributed by atoms with Crippen LogP contribution in [0.1, 0.15) is 37.3 Å². The van der Waals surface area contributed by atoms with E-state index < -0.39 is 10.8 Å². The van der Waals surface area contributed by atoms with Gasteiger partial charge in [0.15, 0.2) is 0 Å². The fraction of sp³-hybridized carbons (Fsp3) is 0.600. The Morgan fingerprint density at radius 3 is 2.61 bits per heavy atom. The predicted molar refractivity (Wildman–Crippen MR) is 79.6 cm³/mol. The fourth-order valence-electron chi connectivity index (χ4n) is 2.18. The van der Waals surface area contributed by atoms with Gasteiger partial charge in [-0.05, 0) is 51.8 Å². The Bertz CT molecular complexity index is 399. The summed E-state index contributed by atoms with van der Waals surface area (Å²) in [5, 5.41) is 3.29. The van der Waals surface area contributed by atoms with E-state index in [2.05, 4.69) is 25.2 Å². The van der Waals surface area contributed by atoms with Gasteiger partial charge in [-0.2, -0.15) is 0 Å². The lowest BCUT2D eigenvalue weighted by atomic mass is 10.1. The molecule has 0 aliphatic carbocycles. The maximum atomic E-state index is 12.2. The Hall–Kier alpha value is -0.670. The predicted octanol–water partition coefficient (Wildman–Crippen LogP) is 3.19. The molecule has 0 saturated carbocycles. The fourth-order valence-corrected chi connectivity index (χ4v) is 3.46. The van der Waals surface area contributed by atoms with Crippen molar-refractivity contribution < 1.29 is 4.21 Å². The molecule has 0 heterocycles. The van der Waals surface area contributed by atoms with Gasteiger partial charge in [-0.15, -0.1) is 0 Å². The summed E-state index contributed by atoms with van der Waals surface area (Å²) in [5.74, 6) is 0.766. The molecule has 0 amide bonds. The molecule has 0 aliphatic rings. The molecule has 0 bridgehead atoms. The maximum Gasteiger partial charge on any atom is 0.0532 e. The van der Waals surface area contributed by atoms with Crippen molar-refractivity contribution in [2.75, 3.05) is 12.8 Å². The number of nitrogens with one attached hydrogen (secondary N) is 1. The zero-order valence-corrected chi connectivity index (χ0v) is 12.8. The van der Waals surface area contributed by atoms with Gasteiger partial charge in [-0.25, -0.2) is 0 Å². The highest BCUT2D eigenvalue weighted by molar-refractivity contribution is 7.85. The molecule has 2 unspecified atom stereocenters. The lowest BCUT2D eigenvalue weighted by Gasteiger charge is -2.13. The van der Waals surface area contributed by atoms with E-state index in [4.69, 9.17) is 0 Å². The van der Waals surface area contributed by atoms with Gasteiger partial charge in [0.2, 0.25) is 0 Å². The average molecular weight is 267 g/mol. The SMILES string of the molecule is CCC(CCCS(=O)c1ccc(C)cc1C)NC. The second-order valence-electron chi connectivity index (χ2n) is 4.85. The molecular formula is C15H25NOS. The number of rotatable bonds is 7. The van der Waals surface area contributed by atoms with E-state index in [1.54, 1.807) is 0 Å². The molecular weight excluding hydrogens is 242 g/mol. The quantitative estimate of drug-likeness (QED) is 0.822. The van der Waals surface area contributed by atoms with Crippen LogP contribution in [0.3, 0.4) is 0 Å². The highest BCUT2D eigenvalue weighted by Gasteiger charge is 2.09. The first-order valence-electron chi connectivity index (χ1n) is 6.71. The second-order valence-corrected chi connectivity index (χ2v) is 6.39. The highest BCUT2D eigenvalue weighted by Crippen LogP contribution is 2.16. The molecule has 0 radical (unpaired) electrons. The van der Waals surface area contributed by atoms with Crippen LogP contribution >= 0.6 is 0 Å². The minimum Gasteiger partial charge on any atom is -0.317 e. The third kappa shape index (κ3) is 4.54. The lowest BCUT2D eigenvalue weighted by molar-refractivity contribution is 0.503. The molecule has 1 N–H and O–H groups in total. The number of aryl methyl sites for hydroxylation is 2. The van der Waals surface area contributed by atoms with Crippen LogP contribution in [0.2, 0.25) is 0 Å². The second kappa shape index (κ2) is 7.70. The van der Waals surface area contributed by atoms with E-state index in [1.807, 2.05) is 26.1 Å². The molecule has 0 saturated heterocycles. The molecule has 0 aromatic heterocycles. The third-order valence-electron chi connectivity index (χ3n) is 3.36. The smallest absolute Gasteiger partial charge is 0.0532 e. The number of hydrogen-bond donors (Lipinski definition) is 1. The van der Waals surface area contributed by atoms with Crippen LogP contribution in [0.25, 0.3) is 0 Å². The summed E-state index contributed by atoms with van der Waals surface area (Å²) in [6, 6.07) is 6.72. The minimum atomic E-state index is -0.851. The van der Waals surface area contributed by atoms with Crippen molar-refractivity contribution in [3.05, 3.63) is 29.3 Å². The first-order valence-corrected chi connectivity index (χ1v) is 8.03. The topological polar surface area (TPSA) is 29.1 Å². The largest absolute Gasteiger partial charge is 0.317 e. The molecule has 0 fully saturated rings. The molecule has 1 aromatic carbocycles. The van der Waals surface area contributed by atoms with Crippen LogP contribution in [0.15, 0.2) is 23.1 Å². The van der Waals surface area contributed by atoms with E-state index >= 15 is 0 Å². The Balaban J connectivity index is 2.50. The summed E-state index contributed by atoms with van der Waals surface area (Å²) >= 11 is 0. The molecule has 3 heteroatoms. The van der Waals surface area contributed by atoms with Crippen LogP contribution in [0, 0.1) is 13.8 Å². The molecule has 0 spiro atoms. The van der Waals surface area contributed by atoms with Crippen LogP contribution in [-0.2, 0) is 10.8 Å². The van der Waals surface area contributed by atoms with Gasteiger partial charge in [0.25, 0.3) is 0 Å². The zero-order chi connectivity index (χ0) is 13.5. The van der Waals surface area contributed by atoms with Crippen molar-refractivity contribution in [1.82, 2.24) is 5.32 Å². The Labute approximate surface area is 114 Å². The van der Waals surface area contributed by atoms with E-state index in [0.717, 1.165) is 35.5 Å². The maximum absolute atomic E-state index is 12.2. The van der Waals surface area contributed by atoms with E-state index in [0.29, 0.717) is 6.04 Å². The van der Waals surface area contributed by atoms with Gasteiger partial charge in [0.05, 0.1) is 10.8 Å². The lowest BCUT2D eigenvalue weighted by Crippen LogP contribution is -2.24. The van der Waals surface area contributed by atoms with Gasteiger partial charge >= 0.3 is 0 Å². The average Bonchev–Trinajstić information content (AvgIpc) is 2.34. The third-order valence-corrected chi connectivity index (χ3v) is 4.97. The molecule has 18 heavy (non-hydrogen) atoms. The highest BCUT2D eigenvalue weighted by atomic mass is 32.2. The van der Waals surface area contributed by atoms with Crippen molar-refractivity contribution in [1.29, 1.82) is 0 Å². The molecule has 102 valence electrons. The van der Waals surface area contributed by atoms with Crippen LogP contribution < -0.4 is 5.32 Å². The summed E-state index contributed by atoms with van der Waals surface area (Å²) < 4.78 is 12.2. The van der Waals surface area contributed by atoms with E-state index in [1.165, 1.54) is 5.56 Å². The molecule has 0 aliphatic heterocycles. The van der Waals surface area contributed by atoms with Gasteiger partial charge < -0.3 is 5.32 Å². The van der Waals surface area contributed by atoms with Crippen molar-refractivity contribution in [3.63, 3.8) is 0 Å². The summed E-state index contributed by atoms with van der Waals surface area (Å²) in [5.41, 5.74) is 2.38. The molecule has 2 nitrogen and oxygen atoms in total. The minimum absolute atomic E-state index is 0.557. The van der Waals surface area contributed by atoms with Gasteiger partial charge in [-0.3, -0.25) is 4.21 Å². The number of benzene rings is 1. The van der Waals surface area contributed by atoms with Crippen LogP contribution in [-0.4, -0.2) is 23.1 Å². The normalized spacial score (nSPS) is 14.4. The molecule has 1 aromatic rings. The summed E-state index contributed by atoms with van der Waals surface area (Å²) in [4.78, 5) is 0.998. The first kappa shape index (κ1) is 15.4. The van der Waals surface area contributed by atoms with Crippen LogP contribution in [0.4, 0.5) is 0 Å². The Morgan fingerprint density at radius 2 is 2.06 bits per heavy atom. The van der Waals surface area contributed by atoms with Crippen LogP contribution in [0.5, 0.6) is 0 Å². The summed E-state index contributed by atoms with van der Waals surface area (Å²) in [6.45, 7) is 6.30. The van der Waals surface area contributed by atoms with E-state index in [-0.39, 0.29) is 0 Å². The summed E-state index contributed by atoms with van der Waals surface area (Å²) in [7, 11) is 1.14. The van der Waals surface area contributed by atoms with Gasteiger partial charge in [0.1, 0.15) is 0 Å². The van der Waals surface area contributed by atoms with Crippen molar-refractivity contribution in [3.8, 4) is 0 Å². The zero-order valence-electron chi connectivity index (χ0n) is 12.0. The van der Waals surface area contributed by atoms with Crippen molar-refractivity contribution in [2.45, 2.75) is 51.0 Å². The molecule has 2 atom stereocenters. The Kier molecular flexibility index (Phi) is 6.58. The summed E-state index contributed by atoms with van der Waals surface area (Å²) in [6.07, 6.45) is 3.25. The molecule has 1 rings (SSSR count). The van der Waals surface area contributed by atoms with Crippen molar-refractivity contribution >= 4 is 10.8 Å². The van der Waals surface area contributed by atoms with Gasteiger partial charge in [0, 0.05) is 16.7 Å². The monoisotopic (exact) mass is 267 g/mol. The Morgan fingerprint density at radius 1 is 1.33 bits per heavy atom. The van der Waals surface area contributed by atoms with Gasteiger partial charge in [-0.1, -0.05) is 24.6 Å². The van der Waals surface area contributed by atoms with Crippen molar-refractivity contribution in [2.24, 2.45) is 0 Å². The number of hydrogen-bond acceptors (Lipinski definition) is 2. The van der Waals surface area contributed by atoms with E-state index in [9.17, 15) is 4.21 Å².